The summed E-state index contributed by atoms with van der Waals surface area (Å²) in [5.74, 6) is -1.24. The van der Waals surface area contributed by atoms with Gasteiger partial charge in [0.15, 0.2) is 0 Å². The van der Waals surface area contributed by atoms with E-state index in [4.69, 9.17) is 0 Å². The van der Waals surface area contributed by atoms with E-state index in [2.05, 4.69) is 10.6 Å². The van der Waals surface area contributed by atoms with Gasteiger partial charge >= 0.3 is 0 Å². The maximum absolute atomic E-state index is 12.5. The Morgan fingerprint density at radius 3 is 2.11 bits per heavy atom. The SMILES string of the molecule is CCCCN1C(=O)c2ccc(C(=O)Nc3ccc(NC(C)=O)cc3)cc2C1=O. The van der Waals surface area contributed by atoms with Gasteiger partial charge in [-0.15, -0.1) is 0 Å². The van der Waals surface area contributed by atoms with Crippen LogP contribution in [0.2, 0.25) is 0 Å². The fourth-order valence-corrected chi connectivity index (χ4v) is 2.99. The molecule has 1 aliphatic heterocycles. The molecule has 0 atom stereocenters. The van der Waals surface area contributed by atoms with Crippen LogP contribution in [0.15, 0.2) is 42.5 Å². The van der Waals surface area contributed by atoms with Crippen LogP contribution in [0.3, 0.4) is 0 Å². The first-order valence-corrected chi connectivity index (χ1v) is 9.10. The number of benzene rings is 2. The molecule has 3 rings (SSSR count). The number of hydrogen-bond acceptors (Lipinski definition) is 4. The first-order valence-electron chi connectivity index (χ1n) is 9.10. The Kier molecular flexibility index (Phi) is 5.54. The van der Waals surface area contributed by atoms with E-state index in [9.17, 15) is 19.2 Å². The van der Waals surface area contributed by atoms with E-state index in [0.717, 1.165) is 12.8 Å². The number of carbonyl (C=O) groups excluding carboxylic acids is 4. The van der Waals surface area contributed by atoms with Crippen molar-refractivity contribution in [2.75, 3.05) is 17.2 Å². The lowest BCUT2D eigenvalue weighted by atomic mass is 10.1. The fraction of sp³-hybridized carbons (Fsp3) is 0.238. The van der Waals surface area contributed by atoms with Gasteiger partial charge in [-0.3, -0.25) is 24.1 Å². The van der Waals surface area contributed by atoms with Gasteiger partial charge in [0, 0.05) is 30.4 Å². The van der Waals surface area contributed by atoms with E-state index in [1.165, 1.54) is 30.0 Å². The third-order valence-electron chi connectivity index (χ3n) is 4.43. The Morgan fingerprint density at radius 2 is 1.50 bits per heavy atom. The van der Waals surface area contributed by atoms with Crippen molar-refractivity contribution in [1.29, 1.82) is 0 Å². The van der Waals surface area contributed by atoms with Crippen LogP contribution in [0.1, 0.15) is 57.8 Å². The second kappa shape index (κ2) is 8.04. The van der Waals surface area contributed by atoms with Crippen molar-refractivity contribution in [1.82, 2.24) is 4.90 Å². The summed E-state index contributed by atoms with van der Waals surface area (Å²) in [5.41, 5.74) is 2.06. The average molecular weight is 379 g/mol. The van der Waals surface area contributed by atoms with Gasteiger partial charge < -0.3 is 10.6 Å². The monoisotopic (exact) mass is 379 g/mol. The van der Waals surface area contributed by atoms with Crippen LogP contribution in [-0.4, -0.2) is 35.1 Å². The van der Waals surface area contributed by atoms with Crippen LogP contribution in [0.5, 0.6) is 0 Å². The zero-order valence-corrected chi connectivity index (χ0v) is 15.7. The molecule has 7 nitrogen and oxygen atoms in total. The summed E-state index contributed by atoms with van der Waals surface area (Å²) < 4.78 is 0. The van der Waals surface area contributed by atoms with Crippen molar-refractivity contribution < 1.29 is 19.2 Å². The van der Waals surface area contributed by atoms with Gasteiger partial charge in [0.2, 0.25) is 5.91 Å². The molecule has 2 N–H and O–H groups in total. The molecule has 0 spiro atoms. The summed E-state index contributed by atoms with van der Waals surface area (Å²) in [6.07, 6.45) is 1.62. The van der Waals surface area contributed by atoms with E-state index in [-0.39, 0.29) is 29.2 Å². The Bertz CT molecular complexity index is 951. The first kappa shape index (κ1) is 19.3. The standard InChI is InChI=1S/C21H21N3O4/c1-3-4-11-24-20(27)17-10-5-14(12-18(17)21(24)28)19(26)23-16-8-6-15(7-9-16)22-13(2)25/h5-10,12H,3-4,11H2,1-2H3,(H,22,25)(H,23,26). The van der Waals surface area contributed by atoms with E-state index in [1.807, 2.05) is 6.92 Å². The van der Waals surface area contributed by atoms with Crippen molar-refractivity contribution in [3.63, 3.8) is 0 Å². The number of anilines is 2. The molecule has 0 aliphatic carbocycles. The summed E-state index contributed by atoms with van der Waals surface area (Å²) in [6.45, 7) is 3.79. The molecule has 0 saturated heterocycles. The Hall–Kier alpha value is -3.48. The molecule has 0 unspecified atom stereocenters. The molecule has 7 heteroatoms. The second-order valence-corrected chi connectivity index (χ2v) is 6.59. The van der Waals surface area contributed by atoms with E-state index < -0.39 is 0 Å². The number of nitrogens with zero attached hydrogens (tertiary/aromatic N) is 1. The molecule has 0 bridgehead atoms. The summed E-state index contributed by atoms with van der Waals surface area (Å²) in [7, 11) is 0. The number of rotatable bonds is 6. The number of unbranched alkanes of at least 4 members (excludes halogenated alkanes) is 1. The largest absolute Gasteiger partial charge is 0.326 e. The second-order valence-electron chi connectivity index (χ2n) is 6.59. The van der Waals surface area contributed by atoms with Gasteiger partial charge in [0.05, 0.1) is 11.1 Å². The molecular formula is C21H21N3O4. The smallest absolute Gasteiger partial charge is 0.261 e. The van der Waals surface area contributed by atoms with Crippen LogP contribution in [-0.2, 0) is 4.79 Å². The average Bonchev–Trinajstić information content (AvgIpc) is 2.91. The topological polar surface area (TPSA) is 95.6 Å². The van der Waals surface area contributed by atoms with Crippen LogP contribution in [0, 0.1) is 0 Å². The lowest BCUT2D eigenvalue weighted by Crippen LogP contribution is -2.30. The van der Waals surface area contributed by atoms with Crippen LogP contribution < -0.4 is 10.6 Å². The third-order valence-corrected chi connectivity index (χ3v) is 4.43. The number of fused-ring (bicyclic) bond motifs is 1. The third kappa shape index (κ3) is 3.93. The Labute approximate surface area is 162 Å². The van der Waals surface area contributed by atoms with Gasteiger partial charge in [-0.1, -0.05) is 13.3 Å². The van der Waals surface area contributed by atoms with Crippen LogP contribution in [0.25, 0.3) is 0 Å². The van der Waals surface area contributed by atoms with Gasteiger partial charge in [-0.25, -0.2) is 0 Å². The maximum Gasteiger partial charge on any atom is 0.261 e. The number of hydrogen-bond donors (Lipinski definition) is 2. The maximum atomic E-state index is 12.5. The van der Waals surface area contributed by atoms with Gasteiger partial charge in [-0.2, -0.15) is 0 Å². The Morgan fingerprint density at radius 1 is 0.893 bits per heavy atom. The fourth-order valence-electron chi connectivity index (χ4n) is 2.99. The molecule has 0 fully saturated rings. The highest BCUT2D eigenvalue weighted by atomic mass is 16.2. The minimum atomic E-state index is -0.387. The van der Waals surface area contributed by atoms with Gasteiger partial charge in [-0.05, 0) is 48.9 Å². The number of carbonyl (C=O) groups is 4. The predicted octanol–water partition coefficient (Wildman–Crippen LogP) is 3.29. The molecule has 0 radical (unpaired) electrons. The zero-order valence-electron chi connectivity index (χ0n) is 15.7. The molecular weight excluding hydrogens is 358 g/mol. The van der Waals surface area contributed by atoms with Gasteiger partial charge in [0.25, 0.3) is 17.7 Å². The van der Waals surface area contributed by atoms with Crippen LogP contribution >= 0.6 is 0 Å². The zero-order chi connectivity index (χ0) is 20.3. The summed E-state index contributed by atoms with van der Waals surface area (Å²) >= 11 is 0. The summed E-state index contributed by atoms with van der Waals surface area (Å²) in [5, 5.41) is 5.39. The highest BCUT2D eigenvalue weighted by Crippen LogP contribution is 2.25. The molecule has 144 valence electrons. The molecule has 28 heavy (non-hydrogen) atoms. The Balaban J connectivity index is 1.74. The minimum absolute atomic E-state index is 0.179. The van der Waals surface area contributed by atoms with E-state index in [0.29, 0.717) is 29.0 Å². The first-order chi connectivity index (χ1) is 13.4. The molecule has 4 amide bonds. The number of amides is 4. The number of imide groups is 1. The molecule has 2 aromatic rings. The van der Waals surface area contributed by atoms with E-state index in [1.54, 1.807) is 24.3 Å². The molecule has 0 aromatic heterocycles. The molecule has 1 aliphatic rings. The highest BCUT2D eigenvalue weighted by molar-refractivity contribution is 6.22. The molecule has 2 aromatic carbocycles. The van der Waals surface area contributed by atoms with Crippen molar-refractivity contribution in [3.05, 3.63) is 59.2 Å². The van der Waals surface area contributed by atoms with Crippen molar-refractivity contribution in [2.24, 2.45) is 0 Å². The quantitative estimate of drug-likeness (QED) is 0.753. The lowest BCUT2D eigenvalue weighted by Gasteiger charge is -2.12. The minimum Gasteiger partial charge on any atom is -0.326 e. The van der Waals surface area contributed by atoms with Crippen molar-refractivity contribution in [3.8, 4) is 0 Å². The van der Waals surface area contributed by atoms with Crippen molar-refractivity contribution >= 4 is 35.0 Å². The van der Waals surface area contributed by atoms with E-state index >= 15 is 0 Å². The number of nitrogens with one attached hydrogen (secondary N) is 2. The van der Waals surface area contributed by atoms with Crippen LogP contribution in [0.4, 0.5) is 11.4 Å². The van der Waals surface area contributed by atoms with Crippen molar-refractivity contribution in [2.45, 2.75) is 26.7 Å². The van der Waals surface area contributed by atoms with Gasteiger partial charge in [0.1, 0.15) is 0 Å². The normalized spacial score (nSPS) is 12.7. The summed E-state index contributed by atoms with van der Waals surface area (Å²) in [6, 6.07) is 11.2. The molecule has 1 heterocycles. The lowest BCUT2D eigenvalue weighted by molar-refractivity contribution is -0.114. The molecule has 0 saturated carbocycles. The summed E-state index contributed by atoms with van der Waals surface area (Å²) in [4.78, 5) is 49.7. The predicted molar refractivity (Wildman–Crippen MR) is 105 cm³/mol. The highest BCUT2D eigenvalue weighted by Gasteiger charge is 2.35.